The second kappa shape index (κ2) is 13.1. The van der Waals surface area contributed by atoms with Gasteiger partial charge in [0.1, 0.15) is 0 Å². The number of aliphatic carboxylic acids is 1. The van der Waals surface area contributed by atoms with Crippen LogP contribution in [0.15, 0.2) is 24.3 Å². The van der Waals surface area contributed by atoms with Crippen molar-refractivity contribution in [3.05, 3.63) is 29.8 Å². The second-order valence-corrected chi connectivity index (χ2v) is 8.82. The van der Waals surface area contributed by atoms with Crippen molar-refractivity contribution in [2.45, 2.75) is 70.5 Å². The Morgan fingerprint density at radius 3 is 1.89 bits per heavy atom. The van der Waals surface area contributed by atoms with Crippen molar-refractivity contribution in [2.75, 3.05) is 18.4 Å². The molecule has 11 heteroatoms. The summed E-state index contributed by atoms with van der Waals surface area (Å²) >= 11 is 0. The first kappa shape index (κ1) is 28.1. The molecule has 0 spiro atoms. The molecule has 3 amide bonds. The van der Waals surface area contributed by atoms with E-state index >= 15 is 0 Å². The van der Waals surface area contributed by atoms with Gasteiger partial charge in [-0.05, 0) is 49.9 Å². The highest BCUT2D eigenvalue weighted by Gasteiger charge is 2.38. The third-order valence-electron chi connectivity index (χ3n) is 6.05. The Labute approximate surface area is 202 Å². The van der Waals surface area contributed by atoms with Crippen LogP contribution in [0.2, 0.25) is 0 Å². The molecule has 0 atom stereocenters. The number of halogens is 3. The summed E-state index contributed by atoms with van der Waals surface area (Å²) in [6.07, 6.45) is 3.51. The monoisotopic (exact) mass is 499 g/mol. The van der Waals surface area contributed by atoms with Crippen LogP contribution in [0.5, 0.6) is 0 Å². The molecule has 2 aliphatic rings. The number of carboxylic acid groups (broad SMARTS) is 1. The Hall–Kier alpha value is -3.11. The van der Waals surface area contributed by atoms with Crippen LogP contribution in [0.1, 0.15) is 68.6 Å². The molecule has 1 aliphatic carbocycles. The number of likely N-dealkylation sites (tertiary alicyclic amines) is 1. The summed E-state index contributed by atoms with van der Waals surface area (Å²) in [6.45, 7) is 2.67. The number of benzene rings is 1. The van der Waals surface area contributed by atoms with Crippen LogP contribution < -0.4 is 10.6 Å². The zero-order chi connectivity index (χ0) is 26.0. The van der Waals surface area contributed by atoms with Crippen molar-refractivity contribution in [1.29, 1.82) is 0 Å². The van der Waals surface area contributed by atoms with E-state index in [-0.39, 0.29) is 23.6 Å². The fourth-order valence-electron chi connectivity index (χ4n) is 4.17. The zero-order valence-corrected chi connectivity index (χ0v) is 19.7. The number of piperidine rings is 1. The molecule has 8 nitrogen and oxygen atoms in total. The van der Waals surface area contributed by atoms with Crippen LogP contribution in [0.3, 0.4) is 0 Å². The molecule has 35 heavy (non-hydrogen) atoms. The van der Waals surface area contributed by atoms with Crippen molar-refractivity contribution < 1.29 is 37.5 Å². The molecule has 1 saturated heterocycles. The fourth-order valence-corrected chi connectivity index (χ4v) is 4.17. The molecule has 3 N–H and O–H groups in total. The van der Waals surface area contributed by atoms with Crippen molar-refractivity contribution >= 4 is 29.4 Å². The van der Waals surface area contributed by atoms with E-state index in [1.807, 2.05) is 4.90 Å². The highest BCUT2D eigenvalue weighted by Crippen LogP contribution is 2.22. The Bertz CT molecular complexity index is 873. The Kier molecular flexibility index (Phi) is 10.5. The van der Waals surface area contributed by atoms with Gasteiger partial charge in [-0.15, -0.1) is 0 Å². The summed E-state index contributed by atoms with van der Waals surface area (Å²) in [5.41, 5.74) is 1.29. The van der Waals surface area contributed by atoms with Crippen LogP contribution in [0.25, 0.3) is 0 Å². The molecule has 1 heterocycles. The molecule has 2 fully saturated rings. The molecule has 1 saturated carbocycles. The van der Waals surface area contributed by atoms with Crippen molar-refractivity contribution in [1.82, 2.24) is 10.2 Å². The molecule has 1 aliphatic heterocycles. The van der Waals surface area contributed by atoms with Gasteiger partial charge in [0.2, 0.25) is 11.8 Å². The number of carbonyl (C=O) groups excluding carboxylic acids is 3. The lowest BCUT2D eigenvalue weighted by Crippen LogP contribution is -2.45. The molecular weight excluding hydrogens is 467 g/mol. The molecule has 1 aromatic rings. The van der Waals surface area contributed by atoms with E-state index in [4.69, 9.17) is 9.90 Å². The first-order valence-corrected chi connectivity index (χ1v) is 11.7. The number of anilines is 1. The number of carboxylic acids is 1. The topological polar surface area (TPSA) is 116 Å². The van der Waals surface area contributed by atoms with Gasteiger partial charge in [0, 0.05) is 43.2 Å². The van der Waals surface area contributed by atoms with Crippen LogP contribution >= 0.6 is 0 Å². The zero-order valence-electron chi connectivity index (χ0n) is 19.7. The average molecular weight is 500 g/mol. The van der Waals surface area contributed by atoms with Gasteiger partial charge >= 0.3 is 12.1 Å². The van der Waals surface area contributed by atoms with E-state index < -0.39 is 12.1 Å². The van der Waals surface area contributed by atoms with Gasteiger partial charge in [-0.2, -0.15) is 13.2 Å². The third-order valence-corrected chi connectivity index (χ3v) is 6.05. The maximum atomic E-state index is 12.7. The maximum absolute atomic E-state index is 12.7. The predicted octanol–water partition coefficient (Wildman–Crippen LogP) is 3.97. The summed E-state index contributed by atoms with van der Waals surface area (Å²) in [4.78, 5) is 47.1. The molecule has 194 valence electrons. The van der Waals surface area contributed by atoms with Gasteiger partial charge in [-0.3, -0.25) is 14.4 Å². The van der Waals surface area contributed by atoms with Crippen LogP contribution in [0.4, 0.5) is 18.9 Å². The molecule has 0 unspecified atom stereocenters. The number of nitrogens with zero attached hydrogens (tertiary/aromatic N) is 1. The van der Waals surface area contributed by atoms with E-state index in [0.29, 0.717) is 43.2 Å². The van der Waals surface area contributed by atoms with Crippen LogP contribution in [-0.2, 0) is 14.4 Å². The van der Waals surface area contributed by atoms with Gasteiger partial charge in [0.15, 0.2) is 0 Å². The van der Waals surface area contributed by atoms with Gasteiger partial charge in [0.25, 0.3) is 5.91 Å². The number of amides is 3. The third kappa shape index (κ3) is 9.58. The van der Waals surface area contributed by atoms with E-state index in [1.165, 1.54) is 32.6 Å². The number of alkyl halides is 3. The van der Waals surface area contributed by atoms with Gasteiger partial charge in [0.05, 0.1) is 0 Å². The number of rotatable bonds is 4. The van der Waals surface area contributed by atoms with Crippen LogP contribution in [0, 0.1) is 5.92 Å². The number of nitrogens with one attached hydrogen (secondary N) is 2. The summed E-state index contributed by atoms with van der Waals surface area (Å²) in [5, 5.41) is 13.1. The van der Waals surface area contributed by atoms with E-state index in [1.54, 1.807) is 24.3 Å². The Balaban J connectivity index is 0.000000540. The standard InChI is InChI=1S/C22H31N3O3.C2HF3O2/c1-16(26)23-20-10-8-18(9-11-20)22(28)25-14-12-17(13-15-25)21(27)24-19-6-4-2-3-5-7-19;3-2(4,5)1(6)7/h8-11,17,19H,2-7,12-15H2,1H3,(H,23,26)(H,24,27);(H,6,7). The first-order valence-electron chi connectivity index (χ1n) is 11.7. The average Bonchev–Trinajstić information content (AvgIpc) is 3.07. The molecule has 1 aromatic carbocycles. The lowest BCUT2D eigenvalue weighted by atomic mass is 9.94. The van der Waals surface area contributed by atoms with Crippen LogP contribution in [-0.4, -0.2) is 59.0 Å². The lowest BCUT2D eigenvalue weighted by molar-refractivity contribution is -0.192. The minimum Gasteiger partial charge on any atom is -0.475 e. The lowest BCUT2D eigenvalue weighted by Gasteiger charge is -2.32. The largest absolute Gasteiger partial charge is 0.490 e. The first-order chi connectivity index (χ1) is 16.5. The van der Waals surface area contributed by atoms with E-state index in [2.05, 4.69) is 10.6 Å². The van der Waals surface area contributed by atoms with Gasteiger partial charge in [-0.25, -0.2) is 4.79 Å². The van der Waals surface area contributed by atoms with Gasteiger partial charge < -0.3 is 20.6 Å². The van der Waals surface area contributed by atoms with E-state index in [9.17, 15) is 27.6 Å². The quantitative estimate of drug-likeness (QED) is 0.542. The highest BCUT2D eigenvalue weighted by molar-refractivity contribution is 5.95. The number of hydrogen-bond acceptors (Lipinski definition) is 4. The normalized spacial score (nSPS) is 17.4. The number of hydrogen-bond donors (Lipinski definition) is 3. The van der Waals surface area contributed by atoms with Crippen molar-refractivity contribution in [3.8, 4) is 0 Å². The molecule has 0 radical (unpaired) electrons. The smallest absolute Gasteiger partial charge is 0.475 e. The Morgan fingerprint density at radius 1 is 0.914 bits per heavy atom. The van der Waals surface area contributed by atoms with Crippen molar-refractivity contribution in [3.63, 3.8) is 0 Å². The fraction of sp³-hybridized carbons (Fsp3) is 0.583. The van der Waals surface area contributed by atoms with Crippen molar-refractivity contribution in [2.24, 2.45) is 5.92 Å². The predicted molar refractivity (Wildman–Crippen MR) is 123 cm³/mol. The summed E-state index contributed by atoms with van der Waals surface area (Å²) < 4.78 is 31.7. The maximum Gasteiger partial charge on any atom is 0.490 e. The molecule has 0 aromatic heterocycles. The minimum atomic E-state index is -5.08. The summed E-state index contributed by atoms with van der Waals surface area (Å²) in [6, 6.07) is 7.27. The molecular formula is C24H32F3N3O5. The SMILES string of the molecule is CC(=O)Nc1ccc(C(=O)N2CCC(C(=O)NC3CCCCCC3)CC2)cc1.O=C(O)C(F)(F)F. The minimum absolute atomic E-state index is 0.00875. The summed E-state index contributed by atoms with van der Waals surface area (Å²) in [5.74, 6) is -2.74. The van der Waals surface area contributed by atoms with E-state index in [0.717, 1.165) is 12.8 Å². The highest BCUT2D eigenvalue weighted by atomic mass is 19.4. The molecule has 0 bridgehead atoms. The molecule has 3 rings (SSSR count). The Morgan fingerprint density at radius 2 is 1.43 bits per heavy atom. The summed E-state index contributed by atoms with van der Waals surface area (Å²) in [7, 11) is 0. The second-order valence-electron chi connectivity index (χ2n) is 8.82. The number of carbonyl (C=O) groups is 4. The van der Waals surface area contributed by atoms with Gasteiger partial charge in [-0.1, -0.05) is 25.7 Å².